The Morgan fingerprint density at radius 2 is 2.33 bits per heavy atom. The number of hydrogen-bond donors (Lipinski definition) is 1. The standard InChI is InChI=1S/C10H16O2/c1-2-4-9-5-3-6-10(9)12-8-7-11/h2,11H,1,3-8H2. The van der Waals surface area contributed by atoms with E-state index in [1.54, 1.807) is 0 Å². The van der Waals surface area contributed by atoms with Crippen LogP contribution in [0.3, 0.4) is 0 Å². The summed E-state index contributed by atoms with van der Waals surface area (Å²) in [7, 11) is 0. The Morgan fingerprint density at radius 1 is 1.50 bits per heavy atom. The van der Waals surface area contributed by atoms with E-state index in [1.807, 2.05) is 6.08 Å². The summed E-state index contributed by atoms with van der Waals surface area (Å²) in [5.74, 6) is 1.09. The van der Waals surface area contributed by atoms with Gasteiger partial charge in [-0.05, 0) is 24.8 Å². The maximum Gasteiger partial charge on any atom is 0.111 e. The Labute approximate surface area is 73.5 Å². The van der Waals surface area contributed by atoms with Crippen LogP contribution < -0.4 is 0 Å². The summed E-state index contributed by atoms with van der Waals surface area (Å²) in [6.07, 6.45) is 6.18. The van der Waals surface area contributed by atoms with Crippen LogP contribution in [0.2, 0.25) is 0 Å². The number of rotatable bonds is 5. The highest BCUT2D eigenvalue weighted by atomic mass is 16.5. The van der Waals surface area contributed by atoms with Gasteiger partial charge < -0.3 is 9.84 Å². The summed E-state index contributed by atoms with van der Waals surface area (Å²) >= 11 is 0. The fourth-order valence-corrected chi connectivity index (χ4v) is 1.51. The SMILES string of the molecule is C=CCC1=C(OCCO)CCC1. The van der Waals surface area contributed by atoms with Crippen molar-refractivity contribution in [3.05, 3.63) is 24.0 Å². The lowest BCUT2D eigenvalue weighted by Gasteiger charge is -2.06. The molecule has 0 amide bonds. The average molecular weight is 168 g/mol. The summed E-state index contributed by atoms with van der Waals surface area (Å²) in [6.45, 7) is 4.23. The van der Waals surface area contributed by atoms with Crippen molar-refractivity contribution in [2.45, 2.75) is 25.7 Å². The van der Waals surface area contributed by atoms with Crippen LogP contribution >= 0.6 is 0 Å². The van der Waals surface area contributed by atoms with Crippen LogP contribution in [-0.4, -0.2) is 18.3 Å². The molecule has 0 saturated carbocycles. The van der Waals surface area contributed by atoms with Gasteiger partial charge in [0.05, 0.1) is 12.4 Å². The minimum absolute atomic E-state index is 0.102. The third-order valence-electron chi connectivity index (χ3n) is 2.04. The van der Waals surface area contributed by atoms with Crippen molar-refractivity contribution < 1.29 is 9.84 Å². The number of hydrogen-bond acceptors (Lipinski definition) is 2. The molecule has 68 valence electrons. The van der Waals surface area contributed by atoms with E-state index in [2.05, 4.69) is 6.58 Å². The molecule has 0 aromatic rings. The molecule has 0 unspecified atom stereocenters. The Hall–Kier alpha value is -0.760. The first-order valence-corrected chi connectivity index (χ1v) is 4.44. The van der Waals surface area contributed by atoms with Crippen molar-refractivity contribution in [3.63, 3.8) is 0 Å². The second-order valence-corrected chi connectivity index (χ2v) is 2.95. The van der Waals surface area contributed by atoms with Crippen molar-refractivity contribution in [1.29, 1.82) is 0 Å². The van der Waals surface area contributed by atoms with Crippen LogP contribution in [0.15, 0.2) is 24.0 Å². The smallest absolute Gasteiger partial charge is 0.111 e. The molecule has 0 atom stereocenters. The lowest BCUT2D eigenvalue weighted by atomic mass is 10.1. The van der Waals surface area contributed by atoms with Crippen LogP contribution in [-0.2, 0) is 4.74 Å². The maximum atomic E-state index is 8.58. The molecular weight excluding hydrogens is 152 g/mol. The zero-order valence-corrected chi connectivity index (χ0v) is 7.38. The average Bonchev–Trinajstić information content (AvgIpc) is 2.50. The molecule has 0 bridgehead atoms. The van der Waals surface area contributed by atoms with E-state index in [1.165, 1.54) is 12.0 Å². The molecule has 1 aliphatic carbocycles. The van der Waals surface area contributed by atoms with E-state index in [4.69, 9.17) is 9.84 Å². The molecule has 12 heavy (non-hydrogen) atoms. The zero-order valence-electron chi connectivity index (χ0n) is 7.38. The molecular formula is C10H16O2. The summed E-state index contributed by atoms with van der Waals surface area (Å²) in [5.41, 5.74) is 1.36. The van der Waals surface area contributed by atoms with Gasteiger partial charge in [-0.15, -0.1) is 6.58 Å². The first kappa shape index (κ1) is 9.33. The predicted molar refractivity (Wildman–Crippen MR) is 48.7 cm³/mol. The fourth-order valence-electron chi connectivity index (χ4n) is 1.51. The zero-order chi connectivity index (χ0) is 8.81. The Morgan fingerprint density at radius 3 is 3.00 bits per heavy atom. The third kappa shape index (κ3) is 2.38. The summed E-state index contributed by atoms with van der Waals surface area (Å²) in [6, 6.07) is 0. The molecule has 0 spiro atoms. The molecule has 0 saturated heterocycles. The van der Waals surface area contributed by atoms with Gasteiger partial charge in [0.2, 0.25) is 0 Å². The second-order valence-electron chi connectivity index (χ2n) is 2.95. The van der Waals surface area contributed by atoms with Crippen LogP contribution in [0.5, 0.6) is 0 Å². The molecule has 0 aromatic heterocycles. The van der Waals surface area contributed by atoms with E-state index in [-0.39, 0.29) is 6.61 Å². The monoisotopic (exact) mass is 168 g/mol. The summed E-state index contributed by atoms with van der Waals surface area (Å²) in [4.78, 5) is 0. The van der Waals surface area contributed by atoms with Gasteiger partial charge in [0.15, 0.2) is 0 Å². The summed E-state index contributed by atoms with van der Waals surface area (Å²) < 4.78 is 5.40. The number of aliphatic hydroxyl groups excluding tert-OH is 1. The molecule has 0 aliphatic heterocycles. The third-order valence-corrected chi connectivity index (χ3v) is 2.04. The molecule has 0 fully saturated rings. The highest BCUT2D eigenvalue weighted by Gasteiger charge is 2.13. The first-order chi connectivity index (χ1) is 5.88. The maximum absolute atomic E-state index is 8.58. The summed E-state index contributed by atoms with van der Waals surface area (Å²) in [5, 5.41) is 8.58. The minimum atomic E-state index is 0.102. The topological polar surface area (TPSA) is 29.5 Å². The lowest BCUT2D eigenvalue weighted by molar-refractivity contribution is 0.140. The fraction of sp³-hybridized carbons (Fsp3) is 0.600. The van der Waals surface area contributed by atoms with Gasteiger partial charge in [-0.25, -0.2) is 0 Å². The van der Waals surface area contributed by atoms with Crippen molar-refractivity contribution >= 4 is 0 Å². The van der Waals surface area contributed by atoms with Gasteiger partial charge >= 0.3 is 0 Å². The highest BCUT2D eigenvalue weighted by Crippen LogP contribution is 2.28. The molecule has 0 heterocycles. The molecule has 0 radical (unpaired) electrons. The van der Waals surface area contributed by atoms with Crippen molar-refractivity contribution in [1.82, 2.24) is 0 Å². The normalized spacial score (nSPS) is 16.8. The number of aliphatic hydroxyl groups is 1. The Bertz CT molecular complexity index is 182. The molecule has 1 aliphatic rings. The number of ether oxygens (including phenoxy) is 1. The molecule has 2 heteroatoms. The lowest BCUT2D eigenvalue weighted by Crippen LogP contribution is -1.98. The Balaban J connectivity index is 2.44. The van der Waals surface area contributed by atoms with Crippen LogP contribution in [0.1, 0.15) is 25.7 Å². The van der Waals surface area contributed by atoms with Gasteiger partial charge in [-0.1, -0.05) is 6.08 Å². The first-order valence-electron chi connectivity index (χ1n) is 4.44. The van der Waals surface area contributed by atoms with Crippen molar-refractivity contribution in [2.24, 2.45) is 0 Å². The molecule has 0 aromatic carbocycles. The molecule has 2 nitrogen and oxygen atoms in total. The Kier molecular flexibility index (Phi) is 3.88. The molecule has 1 N–H and O–H groups in total. The number of allylic oxidation sites excluding steroid dienone is 3. The van der Waals surface area contributed by atoms with Gasteiger partial charge in [0.25, 0.3) is 0 Å². The van der Waals surface area contributed by atoms with Crippen LogP contribution in [0.25, 0.3) is 0 Å². The van der Waals surface area contributed by atoms with E-state index >= 15 is 0 Å². The largest absolute Gasteiger partial charge is 0.496 e. The van der Waals surface area contributed by atoms with Gasteiger partial charge in [-0.2, -0.15) is 0 Å². The van der Waals surface area contributed by atoms with Crippen LogP contribution in [0, 0.1) is 0 Å². The van der Waals surface area contributed by atoms with E-state index in [0.29, 0.717) is 6.61 Å². The van der Waals surface area contributed by atoms with E-state index in [0.717, 1.165) is 25.0 Å². The quantitative estimate of drug-likeness (QED) is 0.636. The molecule has 1 rings (SSSR count). The predicted octanol–water partition coefficient (Wildman–Crippen LogP) is 2.01. The highest BCUT2D eigenvalue weighted by molar-refractivity contribution is 5.16. The van der Waals surface area contributed by atoms with Gasteiger partial charge in [-0.3, -0.25) is 0 Å². The van der Waals surface area contributed by atoms with Crippen molar-refractivity contribution in [3.8, 4) is 0 Å². The van der Waals surface area contributed by atoms with Crippen LogP contribution in [0.4, 0.5) is 0 Å². The minimum Gasteiger partial charge on any atom is -0.496 e. The van der Waals surface area contributed by atoms with E-state index in [9.17, 15) is 0 Å². The second kappa shape index (κ2) is 4.99. The van der Waals surface area contributed by atoms with Gasteiger partial charge in [0.1, 0.15) is 6.61 Å². The van der Waals surface area contributed by atoms with Crippen molar-refractivity contribution in [2.75, 3.05) is 13.2 Å². The van der Waals surface area contributed by atoms with E-state index < -0.39 is 0 Å². The van der Waals surface area contributed by atoms with Gasteiger partial charge in [0, 0.05) is 6.42 Å².